The van der Waals surface area contributed by atoms with E-state index >= 15 is 0 Å². The number of anilines is 1. The standard InChI is InChI=1S/C22H36N2O2/c1-16(2)18-9-8-10-19(17(3)4)20(18)24-21(26)23-15-22(13-14-25)11-6-5-7-12-22/h8-10,16-17,25H,5-7,11-15H2,1-4H3,(H2,23,24,26). The molecule has 146 valence electrons. The second-order valence-corrected chi connectivity index (χ2v) is 8.46. The normalized spacial score (nSPS) is 16.7. The van der Waals surface area contributed by atoms with Gasteiger partial charge in [0.2, 0.25) is 0 Å². The summed E-state index contributed by atoms with van der Waals surface area (Å²) in [6, 6.07) is 6.13. The predicted octanol–water partition coefficient (Wildman–Crippen LogP) is 5.39. The van der Waals surface area contributed by atoms with Crippen LogP contribution >= 0.6 is 0 Å². The Balaban J connectivity index is 2.09. The van der Waals surface area contributed by atoms with E-state index in [2.05, 4.69) is 56.5 Å². The molecule has 1 fully saturated rings. The number of amides is 2. The van der Waals surface area contributed by atoms with Crippen molar-refractivity contribution in [2.45, 2.75) is 78.1 Å². The number of hydrogen-bond donors (Lipinski definition) is 3. The molecule has 0 bridgehead atoms. The summed E-state index contributed by atoms with van der Waals surface area (Å²) in [4.78, 5) is 12.7. The summed E-state index contributed by atoms with van der Waals surface area (Å²) in [5, 5.41) is 15.7. The molecule has 2 rings (SSSR count). The van der Waals surface area contributed by atoms with Crippen molar-refractivity contribution in [3.8, 4) is 0 Å². The maximum absolute atomic E-state index is 12.7. The number of rotatable bonds is 7. The molecule has 1 aromatic rings. The first-order valence-electron chi connectivity index (χ1n) is 10.2. The minimum absolute atomic E-state index is 0.0583. The zero-order valence-corrected chi connectivity index (χ0v) is 16.9. The van der Waals surface area contributed by atoms with E-state index in [0.29, 0.717) is 18.4 Å². The van der Waals surface area contributed by atoms with E-state index < -0.39 is 0 Å². The number of para-hydroxylation sites is 1. The monoisotopic (exact) mass is 360 g/mol. The van der Waals surface area contributed by atoms with Gasteiger partial charge in [-0.25, -0.2) is 4.79 Å². The molecule has 0 radical (unpaired) electrons. The van der Waals surface area contributed by atoms with E-state index in [4.69, 9.17) is 0 Å². The predicted molar refractivity (Wildman–Crippen MR) is 109 cm³/mol. The third kappa shape index (κ3) is 5.23. The van der Waals surface area contributed by atoms with Crippen LogP contribution < -0.4 is 10.6 Å². The molecular formula is C22H36N2O2. The van der Waals surface area contributed by atoms with Crippen LogP contribution in [-0.2, 0) is 0 Å². The van der Waals surface area contributed by atoms with E-state index in [0.717, 1.165) is 24.9 Å². The van der Waals surface area contributed by atoms with Gasteiger partial charge in [0.25, 0.3) is 0 Å². The molecule has 3 N–H and O–H groups in total. The number of carbonyl (C=O) groups is 1. The van der Waals surface area contributed by atoms with Gasteiger partial charge < -0.3 is 15.7 Å². The second kappa shape index (κ2) is 9.40. The lowest BCUT2D eigenvalue weighted by Crippen LogP contribution is -2.41. The van der Waals surface area contributed by atoms with Crippen molar-refractivity contribution in [2.75, 3.05) is 18.5 Å². The highest BCUT2D eigenvalue weighted by Crippen LogP contribution is 2.38. The number of urea groups is 1. The zero-order valence-electron chi connectivity index (χ0n) is 16.9. The van der Waals surface area contributed by atoms with Gasteiger partial charge in [-0.3, -0.25) is 0 Å². The van der Waals surface area contributed by atoms with Crippen molar-refractivity contribution in [1.82, 2.24) is 5.32 Å². The molecule has 0 unspecified atom stereocenters. The molecule has 2 amide bonds. The van der Waals surface area contributed by atoms with E-state index in [1.54, 1.807) is 0 Å². The van der Waals surface area contributed by atoms with Gasteiger partial charge in [-0.2, -0.15) is 0 Å². The lowest BCUT2D eigenvalue weighted by atomic mass is 9.72. The molecule has 0 aromatic heterocycles. The van der Waals surface area contributed by atoms with Crippen molar-refractivity contribution >= 4 is 11.7 Å². The Morgan fingerprint density at radius 3 is 2.15 bits per heavy atom. The summed E-state index contributed by atoms with van der Waals surface area (Å²) in [5.41, 5.74) is 3.36. The summed E-state index contributed by atoms with van der Waals surface area (Å²) in [5.74, 6) is 0.700. The minimum atomic E-state index is -0.136. The molecule has 0 spiro atoms. The molecule has 1 aliphatic rings. The largest absolute Gasteiger partial charge is 0.396 e. The highest BCUT2D eigenvalue weighted by molar-refractivity contribution is 5.91. The molecule has 0 aliphatic heterocycles. The van der Waals surface area contributed by atoms with Crippen LogP contribution in [0.25, 0.3) is 0 Å². The first-order valence-corrected chi connectivity index (χ1v) is 10.2. The van der Waals surface area contributed by atoms with Gasteiger partial charge in [0.1, 0.15) is 0 Å². The number of benzene rings is 1. The Morgan fingerprint density at radius 2 is 1.65 bits per heavy atom. The fourth-order valence-corrected chi connectivity index (χ4v) is 4.17. The topological polar surface area (TPSA) is 61.4 Å². The number of hydrogen-bond acceptors (Lipinski definition) is 2. The van der Waals surface area contributed by atoms with E-state index in [1.807, 2.05) is 0 Å². The van der Waals surface area contributed by atoms with Crippen LogP contribution in [-0.4, -0.2) is 24.3 Å². The fourth-order valence-electron chi connectivity index (χ4n) is 4.17. The van der Waals surface area contributed by atoms with Crippen LogP contribution in [0.3, 0.4) is 0 Å². The third-order valence-corrected chi connectivity index (χ3v) is 5.79. The lowest BCUT2D eigenvalue weighted by molar-refractivity contribution is 0.128. The molecular weight excluding hydrogens is 324 g/mol. The number of aliphatic hydroxyl groups excluding tert-OH is 1. The Hall–Kier alpha value is -1.55. The molecule has 4 heteroatoms. The highest BCUT2D eigenvalue weighted by Gasteiger charge is 2.32. The van der Waals surface area contributed by atoms with Crippen molar-refractivity contribution in [2.24, 2.45) is 5.41 Å². The van der Waals surface area contributed by atoms with Crippen LogP contribution in [0.15, 0.2) is 18.2 Å². The average molecular weight is 361 g/mol. The van der Waals surface area contributed by atoms with Crippen molar-refractivity contribution < 1.29 is 9.90 Å². The minimum Gasteiger partial charge on any atom is -0.396 e. The van der Waals surface area contributed by atoms with E-state index in [1.165, 1.54) is 30.4 Å². The van der Waals surface area contributed by atoms with Crippen molar-refractivity contribution in [1.29, 1.82) is 0 Å². The Bertz CT molecular complexity index is 558. The lowest BCUT2D eigenvalue weighted by Gasteiger charge is -2.37. The SMILES string of the molecule is CC(C)c1cccc(C(C)C)c1NC(=O)NCC1(CCO)CCCCC1. The molecule has 26 heavy (non-hydrogen) atoms. The Labute approximate surface area is 158 Å². The summed E-state index contributed by atoms with van der Waals surface area (Å²) in [6.07, 6.45) is 6.60. The number of aliphatic hydroxyl groups is 1. The first kappa shape index (κ1) is 20.8. The van der Waals surface area contributed by atoms with Crippen molar-refractivity contribution in [3.05, 3.63) is 29.3 Å². The van der Waals surface area contributed by atoms with Gasteiger partial charge in [-0.1, -0.05) is 65.2 Å². The molecule has 0 heterocycles. The summed E-state index contributed by atoms with van der Waals surface area (Å²) < 4.78 is 0. The maximum Gasteiger partial charge on any atom is 0.319 e. The second-order valence-electron chi connectivity index (χ2n) is 8.46. The maximum atomic E-state index is 12.7. The zero-order chi connectivity index (χ0) is 19.2. The summed E-state index contributed by atoms with van der Waals surface area (Å²) in [6.45, 7) is 9.44. The van der Waals surface area contributed by atoms with Crippen LogP contribution in [0.2, 0.25) is 0 Å². The summed E-state index contributed by atoms with van der Waals surface area (Å²) in [7, 11) is 0. The van der Waals surface area contributed by atoms with Gasteiger partial charge in [-0.15, -0.1) is 0 Å². The Kier molecular flexibility index (Phi) is 7.51. The molecule has 1 aromatic carbocycles. The molecule has 4 nitrogen and oxygen atoms in total. The molecule has 0 saturated heterocycles. The van der Waals surface area contributed by atoms with Gasteiger partial charge in [-0.05, 0) is 47.6 Å². The van der Waals surface area contributed by atoms with Crippen LogP contribution in [0.5, 0.6) is 0 Å². The van der Waals surface area contributed by atoms with Crippen LogP contribution in [0, 0.1) is 5.41 Å². The van der Waals surface area contributed by atoms with Gasteiger partial charge >= 0.3 is 6.03 Å². The average Bonchev–Trinajstić information content (AvgIpc) is 2.61. The van der Waals surface area contributed by atoms with Crippen molar-refractivity contribution in [3.63, 3.8) is 0 Å². The number of nitrogens with one attached hydrogen (secondary N) is 2. The smallest absolute Gasteiger partial charge is 0.319 e. The summed E-state index contributed by atoms with van der Waals surface area (Å²) >= 11 is 0. The fraction of sp³-hybridized carbons (Fsp3) is 0.682. The highest BCUT2D eigenvalue weighted by atomic mass is 16.3. The molecule has 1 aliphatic carbocycles. The van der Waals surface area contributed by atoms with Crippen LogP contribution in [0.4, 0.5) is 10.5 Å². The van der Waals surface area contributed by atoms with Crippen LogP contribution in [0.1, 0.15) is 89.2 Å². The van der Waals surface area contributed by atoms with Gasteiger partial charge in [0, 0.05) is 18.8 Å². The quantitative estimate of drug-likeness (QED) is 0.610. The Morgan fingerprint density at radius 1 is 1.08 bits per heavy atom. The molecule has 1 saturated carbocycles. The molecule has 0 atom stereocenters. The van der Waals surface area contributed by atoms with E-state index in [-0.39, 0.29) is 18.1 Å². The third-order valence-electron chi connectivity index (χ3n) is 5.79. The van der Waals surface area contributed by atoms with Gasteiger partial charge in [0.05, 0.1) is 0 Å². The van der Waals surface area contributed by atoms with Gasteiger partial charge in [0.15, 0.2) is 0 Å². The van der Waals surface area contributed by atoms with E-state index in [9.17, 15) is 9.90 Å². The first-order chi connectivity index (χ1) is 12.4. The number of carbonyl (C=O) groups excluding carboxylic acids is 1.